The zero-order valence-electron chi connectivity index (χ0n) is 9.52. The lowest BCUT2D eigenvalue weighted by molar-refractivity contribution is -0.132. The molecule has 1 N–H and O–H groups in total. The van der Waals surface area contributed by atoms with E-state index in [0.717, 1.165) is 17.5 Å². The van der Waals surface area contributed by atoms with Crippen molar-refractivity contribution in [3.05, 3.63) is 35.4 Å². The lowest BCUT2D eigenvalue weighted by atomic mass is 10.0. The fraction of sp³-hybridized carbons (Fsp3) is 0.462. The summed E-state index contributed by atoms with van der Waals surface area (Å²) in [6.45, 7) is 2.98. The number of rotatable bonds is 1. The van der Waals surface area contributed by atoms with Crippen molar-refractivity contribution >= 4 is 5.91 Å². The molecule has 1 aliphatic heterocycles. The lowest BCUT2D eigenvalue weighted by Crippen LogP contribution is -2.34. The van der Waals surface area contributed by atoms with Crippen LogP contribution in [-0.2, 0) is 11.2 Å². The number of carbonyl (C=O) groups excluding carboxylic acids is 1. The summed E-state index contributed by atoms with van der Waals surface area (Å²) in [4.78, 5) is 13.4. The van der Waals surface area contributed by atoms with E-state index in [1.807, 2.05) is 31.2 Å². The predicted molar refractivity (Wildman–Crippen MR) is 62.0 cm³/mol. The highest BCUT2D eigenvalue weighted by atomic mass is 16.3. The monoisotopic (exact) mass is 219 g/mol. The van der Waals surface area contributed by atoms with Gasteiger partial charge < -0.3 is 10.0 Å². The molecule has 1 heterocycles. The largest absolute Gasteiger partial charge is 0.387 e. The standard InChI is InChI=1S/C13H17NO2/c1-2-13(16)14-8-7-10-5-3-4-6-11(10)12(15)9-14/h3-6,12,15H,2,7-9H2,1H3. The van der Waals surface area contributed by atoms with Crippen LogP contribution in [0.3, 0.4) is 0 Å². The van der Waals surface area contributed by atoms with Crippen molar-refractivity contribution in [2.75, 3.05) is 13.1 Å². The molecule has 1 amide bonds. The first kappa shape index (κ1) is 11.1. The van der Waals surface area contributed by atoms with E-state index < -0.39 is 6.10 Å². The Morgan fingerprint density at radius 3 is 3.00 bits per heavy atom. The number of aliphatic hydroxyl groups is 1. The molecular formula is C13H17NO2. The molecular weight excluding hydrogens is 202 g/mol. The molecule has 1 aliphatic rings. The summed E-state index contributed by atoms with van der Waals surface area (Å²) in [5.74, 6) is 0.117. The predicted octanol–water partition coefficient (Wildman–Crippen LogP) is 1.51. The molecule has 2 rings (SSSR count). The van der Waals surface area contributed by atoms with E-state index in [-0.39, 0.29) is 5.91 Å². The molecule has 0 fully saturated rings. The van der Waals surface area contributed by atoms with E-state index in [2.05, 4.69) is 0 Å². The normalized spacial score (nSPS) is 20.1. The van der Waals surface area contributed by atoms with Crippen LogP contribution in [0.2, 0.25) is 0 Å². The molecule has 0 radical (unpaired) electrons. The number of hydrogen-bond donors (Lipinski definition) is 1. The van der Waals surface area contributed by atoms with Crippen molar-refractivity contribution in [1.82, 2.24) is 4.90 Å². The van der Waals surface area contributed by atoms with Crippen molar-refractivity contribution in [3.63, 3.8) is 0 Å². The van der Waals surface area contributed by atoms with Gasteiger partial charge in [0, 0.05) is 13.0 Å². The second kappa shape index (κ2) is 4.66. The van der Waals surface area contributed by atoms with Crippen LogP contribution >= 0.6 is 0 Å². The van der Waals surface area contributed by atoms with E-state index in [0.29, 0.717) is 19.5 Å². The first-order valence-corrected chi connectivity index (χ1v) is 5.76. The smallest absolute Gasteiger partial charge is 0.222 e. The van der Waals surface area contributed by atoms with E-state index in [1.54, 1.807) is 4.90 Å². The van der Waals surface area contributed by atoms with Gasteiger partial charge in [0.25, 0.3) is 0 Å². The molecule has 16 heavy (non-hydrogen) atoms. The van der Waals surface area contributed by atoms with Gasteiger partial charge in [-0.2, -0.15) is 0 Å². The van der Waals surface area contributed by atoms with Crippen molar-refractivity contribution < 1.29 is 9.90 Å². The fourth-order valence-corrected chi connectivity index (χ4v) is 2.19. The molecule has 1 unspecified atom stereocenters. The summed E-state index contributed by atoms with van der Waals surface area (Å²) in [5, 5.41) is 10.1. The minimum absolute atomic E-state index is 0.117. The maximum Gasteiger partial charge on any atom is 0.222 e. The summed E-state index contributed by atoms with van der Waals surface area (Å²) in [6, 6.07) is 7.88. The molecule has 0 aromatic heterocycles. The van der Waals surface area contributed by atoms with Gasteiger partial charge in [-0.3, -0.25) is 4.79 Å². The number of benzene rings is 1. The molecule has 1 aromatic carbocycles. The quantitative estimate of drug-likeness (QED) is 0.778. The molecule has 86 valence electrons. The summed E-state index contributed by atoms with van der Waals surface area (Å²) >= 11 is 0. The Morgan fingerprint density at radius 1 is 1.50 bits per heavy atom. The molecule has 0 spiro atoms. The molecule has 3 nitrogen and oxygen atoms in total. The third-order valence-electron chi connectivity index (χ3n) is 3.11. The SMILES string of the molecule is CCC(=O)N1CCc2ccccc2C(O)C1. The van der Waals surface area contributed by atoms with Crippen molar-refractivity contribution in [2.45, 2.75) is 25.9 Å². The summed E-state index contributed by atoms with van der Waals surface area (Å²) in [5.41, 5.74) is 2.12. The zero-order valence-corrected chi connectivity index (χ0v) is 9.52. The van der Waals surface area contributed by atoms with Gasteiger partial charge >= 0.3 is 0 Å². The van der Waals surface area contributed by atoms with Crippen LogP contribution in [0.25, 0.3) is 0 Å². The number of hydrogen-bond acceptors (Lipinski definition) is 2. The Labute approximate surface area is 95.7 Å². The Kier molecular flexibility index (Phi) is 3.25. The number of aliphatic hydroxyl groups excluding tert-OH is 1. The first-order chi connectivity index (χ1) is 7.72. The molecule has 1 atom stereocenters. The van der Waals surface area contributed by atoms with Gasteiger partial charge in [0.05, 0.1) is 12.6 Å². The number of β-amino-alcohol motifs (C(OH)–C–C–N with tert-alkyl or cyclic N) is 1. The minimum Gasteiger partial charge on any atom is -0.387 e. The maximum absolute atomic E-state index is 11.6. The average molecular weight is 219 g/mol. The van der Waals surface area contributed by atoms with Crippen LogP contribution < -0.4 is 0 Å². The Morgan fingerprint density at radius 2 is 2.25 bits per heavy atom. The molecule has 1 aromatic rings. The fourth-order valence-electron chi connectivity index (χ4n) is 2.19. The Bertz CT molecular complexity index is 389. The maximum atomic E-state index is 11.6. The third-order valence-corrected chi connectivity index (χ3v) is 3.11. The van der Waals surface area contributed by atoms with Gasteiger partial charge in [-0.1, -0.05) is 31.2 Å². The molecule has 0 saturated heterocycles. The molecule has 0 aliphatic carbocycles. The number of fused-ring (bicyclic) bond motifs is 1. The lowest BCUT2D eigenvalue weighted by Gasteiger charge is -2.21. The number of carbonyl (C=O) groups is 1. The minimum atomic E-state index is -0.547. The third kappa shape index (κ3) is 2.09. The van der Waals surface area contributed by atoms with E-state index in [1.165, 1.54) is 0 Å². The van der Waals surface area contributed by atoms with E-state index in [4.69, 9.17) is 0 Å². The van der Waals surface area contributed by atoms with Crippen molar-refractivity contribution in [1.29, 1.82) is 0 Å². The highest BCUT2D eigenvalue weighted by Crippen LogP contribution is 2.23. The first-order valence-electron chi connectivity index (χ1n) is 5.76. The van der Waals surface area contributed by atoms with E-state index >= 15 is 0 Å². The van der Waals surface area contributed by atoms with Crippen LogP contribution in [0.15, 0.2) is 24.3 Å². The average Bonchev–Trinajstić information content (AvgIpc) is 2.49. The van der Waals surface area contributed by atoms with Gasteiger partial charge in [0.1, 0.15) is 0 Å². The summed E-state index contributed by atoms with van der Waals surface area (Å²) in [6.07, 6.45) is 0.788. The zero-order chi connectivity index (χ0) is 11.5. The van der Waals surface area contributed by atoms with Crippen LogP contribution in [0.1, 0.15) is 30.6 Å². The van der Waals surface area contributed by atoms with Crippen LogP contribution in [0.4, 0.5) is 0 Å². The Hall–Kier alpha value is -1.35. The molecule has 0 saturated carbocycles. The van der Waals surface area contributed by atoms with E-state index in [9.17, 15) is 9.90 Å². The van der Waals surface area contributed by atoms with Gasteiger partial charge in [-0.25, -0.2) is 0 Å². The van der Waals surface area contributed by atoms with Gasteiger partial charge in [0.15, 0.2) is 0 Å². The van der Waals surface area contributed by atoms with Crippen LogP contribution in [0, 0.1) is 0 Å². The van der Waals surface area contributed by atoms with Gasteiger partial charge in [0.2, 0.25) is 5.91 Å². The second-order valence-electron chi connectivity index (χ2n) is 4.16. The van der Waals surface area contributed by atoms with Gasteiger partial charge in [-0.15, -0.1) is 0 Å². The van der Waals surface area contributed by atoms with Crippen LogP contribution in [-0.4, -0.2) is 29.0 Å². The summed E-state index contributed by atoms with van der Waals surface area (Å²) in [7, 11) is 0. The Balaban J connectivity index is 2.22. The summed E-state index contributed by atoms with van der Waals surface area (Å²) < 4.78 is 0. The highest BCUT2D eigenvalue weighted by Gasteiger charge is 2.22. The highest BCUT2D eigenvalue weighted by molar-refractivity contribution is 5.76. The topological polar surface area (TPSA) is 40.5 Å². The molecule has 0 bridgehead atoms. The van der Waals surface area contributed by atoms with Crippen LogP contribution in [0.5, 0.6) is 0 Å². The van der Waals surface area contributed by atoms with Crippen molar-refractivity contribution in [2.24, 2.45) is 0 Å². The van der Waals surface area contributed by atoms with Crippen molar-refractivity contribution in [3.8, 4) is 0 Å². The number of amides is 1. The molecule has 3 heteroatoms. The second-order valence-corrected chi connectivity index (χ2v) is 4.16. The van der Waals surface area contributed by atoms with Gasteiger partial charge in [-0.05, 0) is 17.5 Å². The number of nitrogens with zero attached hydrogens (tertiary/aromatic N) is 1.